The van der Waals surface area contributed by atoms with E-state index in [1.165, 1.54) is 25.7 Å². The van der Waals surface area contributed by atoms with E-state index >= 15 is 0 Å². The molecule has 23 heavy (non-hydrogen) atoms. The van der Waals surface area contributed by atoms with E-state index in [-0.39, 0.29) is 18.4 Å². The lowest BCUT2D eigenvalue weighted by atomic mass is 9.97. The van der Waals surface area contributed by atoms with Crippen LogP contribution < -0.4 is 0 Å². The third-order valence-electron chi connectivity index (χ3n) is 5.22. The van der Waals surface area contributed by atoms with Crippen molar-refractivity contribution in [2.75, 3.05) is 19.7 Å². The van der Waals surface area contributed by atoms with Crippen LogP contribution in [0.3, 0.4) is 0 Å². The molecule has 2 aromatic heterocycles. The average Bonchev–Trinajstić information content (AvgIpc) is 3.33. The summed E-state index contributed by atoms with van der Waals surface area (Å²) in [5.74, 6) is 1.52. The van der Waals surface area contributed by atoms with Crippen molar-refractivity contribution in [1.29, 1.82) is 0 Å². The summed E-state index contributed by atoms with van der Waals surface area (Å²) in [6, 6.07) is 4.44. The maximum Gasteiger partial charge on any atom is 0.231 e. The van der Waals surface area contributed by atoms with Crippen LogP contribution in [0.15, 0.2) is 29.0 Å². The lowest BCUT2D eigenvalue weighted by Crippen LogP contribution is -2.31. The average molecular weight is 314 g/mol. The van der Waals surface area contributed by atoms with Gasteiger partial charge >= 0.3 is 0 Å². The maximum absolute atomic E-state index is 9.76. The molecule has 6 nitrogen and oxygen atoms in total. The van der Waals surface area contributed by atoms with Crippen LogP contribution >= 0.6 is 0 Å². The first-order chi connectivity index (χ1) is 11.3. The Morgan fingerprint density at radius 2 is 2.13 bits per heavy atom. The Hall–Kier alpha value is -1.79. The van der Waals surface area contributed by atoms with Gasteiger partial charge in [-0.1, -0.05) is 18.0 Å². The molecule has 0 unspecified atom stereocenters. The van der Waals surface area contributed by atoms with Crippen LogP contribution in [-0.2, 0) is 0 Å². The Bertz CT molecular complexity index is 639. The number of pyridine rings is 1. The lowest BCUT2D eigenvalue weighted by molar-refractivity contribution is 0.194. The predicted molar refractivity (Wildman–Crippen MR) is 84.7 cm³/mol. The molecule has 1 aliphatic carbocycles. The van der Waals surface area contributed by atoms with Gasteiger partial charge in [-0.15, -0.1) is 0 Å². The van der Waals surface area contributed by atoms with Gasteiger partial charge in [-0.25, -0.2) is 0 Å². The summed E-state index contributed by atoms with van der Waals surface area (Å²) < 4.78 is 5.52. The third kappa shape index (κ3) is 2.88. The van der Waals surface area contributed by atoms with Crippen molar-refractivity contribution in [1.82, 2.24) is 20.0 Å². The molecule has 1 N–H and O–H groups in total. The van der Waals surface area contributed by atoms with Crippen LogP contribution in [0.5, 0.6) is 0 Å². The minimum absolute atomic E-state index is 0.124. The van der Waals surface area contributed by atoms with Crippen LogP contribution in [0.1, 0.15) is 37.5 Å². The molecule has 0 bridgehead atoms. The van der Waals surface area contributed by atoms with Gasteiger partial charge in [0, 0.05) is 49.6 Å². The molecule has 122 valence electrons. The zero-order valence-electron chi connectivity index (χ0n) is 13.1. The monoisotopic (exact) mass is 314 g/mol. The minimum atomic E-state index is 0.124. The number of hydrogen-bond donors (Lipinski definition) is 1. The van der Waals surface area contributed by atoms with Crippen molar-refractivity contribution >= 4 is 0 Å². The highest BCUT2D eigenvalue weighted by Gasteiger charge is 2.40. The van der Waals surface area contributed by atoms with E-state index in [1.807, 2.05) is 12.1 Å². The van der Waals surface area contributed by atoms with Crippen molar-refractivity contribution in [3.8, 4) is 11.4 Å². The second-order valence-electron chi connectivity index (χ2n) is 6.64. The zero-order valence-corrected chi connectivity index (χ0v) is 13.1. The lowest BCUT2D eigenvalue weighted by Gasteiger charge is -2.23. The molecule has 0 radical (unpaired) electrons. The molecule has 1 saturated heterocycles. The first kappa shape index (κ1) is 14.8. The van der Waals surface area contributed by atoms with Crippen LogP contribution in [0.25, 0.3) is 11.4 Å². The Morgan fingerprint density at radius 3 is 2.87 bits per heavy atom. The predicted octanol–water partition coefficient (Wildman–Crippen LogP) is 2.08. The molecular formula is C17H22N4O2. The molecule has 2 aromatic rings. The van der Waals surface area contributed by atoms with E-state index in [0.29, 0.717) is 17.8 Å². The molecule has 4 rings (SSSR count). The standard InChI is InChI=1S/C17H22N4O2/c22-11-13-9-21(14-5-1-2-6-14)10-15(13)17-19-16(20-23-17)12-4-3-7-18-8-12/h3-4,7-8,13-15,22H,1-2,5-6,9-11H2/t13-,15+/m0/s1. The normalized spacial score (nSPS) is 26.1. The van der Waals surface area contributed by atoms with Gasteiger partial charge in [-0.05, 0) is 25.0 Å². The molecule has 2 aliphatic rings. The molecule has 0 amide bonds. The van der Waals surface area contributed by atoms with Crippen LogP contribution in [0, 0.1) is 5.92 Å². The second-order valence-corrected chi connectivity index (χ2v) is 6.64. The summed E-state index contributed by atoms with van der Waals surface area (Å²) >= 11 is 0. The summed E-state index contributed by atoms with van der Waals surface area (Å²) in [6.07, 6.45) is 8.65. The van der Waals surface area contributed by atoms with Crippen molar-refractivity contribution in [3.05, 3.63) is 30.4 Å². The topological polar surface area (TPSA) is 75.3 Å². The zero-order chi connectivity index (χ0) is 15.6. The van der Waals surface area contributed by atoms with E-state index in [9.17, 15) is 5.11 Å². The Labute approximate surface area is 135 Å². The van der Waals surface area contributed by atoms with Crippen molar-refractivity contribution in [3.63, 3.8) is 0 Å². The molecule has 0 spiro atoms. The summed E-state index contributed by atoms with van der Waals surface area (Å²) in [5.41, 5.74) is 0.855. The van der Waals surface area contributed by atoms with Gasteiger partial charge in [0.05, 0.1) is 5.92 Å². The number of aliphatic hydroxyl groups is 1. The highest BCUT2D eigenvalue weighted by atomic mass is 16.5. The smallest absolute Gasteiger partial charge is 0.231 e. The first-order valence-electron chi connectivity index (χ1n) is 8.44. The summed E-state index contributed by atoms with van der Waals surface area (Å²) in [7, 11) is 0. The first-order valence-corrected chi connectivity index (χ1v) is 8.44. The quantitative estimate of drug-likeness (QED) is 0.931. The van der Waals surface area contributed by atoms with Crippen LogP contribution in [-0.4, -0.2) is 50.9 Å². The summed E-state index contributed by atoms with van der Waals surface area (Å²) in [4.78, 5) is 11.2. The van der Waals surface area contributed by atoms with Gasteiger partial charge in [-0.3, -0.25) is 9.88 Å². The van der Waals surface area contributed by atoms with Gasteiger partial charge in [-0.2, -0.15) is 4.98 Å². The van der Waals surface area contributed by atoms with E-state index in [2.05, 4.69) is 20.0 Å². The largest absolute Gasteiger partial charge is 0.396 e. The van der Waals surface area contributed by atoms with E-state index in [1.54, 1.807) is 12.4 Å². The third-order valence-corrected chi connectivity index (χ3v) is 5.22. The molecule has 2 fully saturated rings. The van der Waals surface area contributed by atoms with E-state index in [4.69, 9.17) is 4.52 Å². The Morgan fingerprint density at radius 1 is 1.26 bits per heavy atom. The highest BCUT2D eigenvalue weighted by Crippen LogP contribution is 2.36. The van der Waals surface area contributed by atoms with Crippen LogP contribution in [0.4, 0.5) is 0 Å². The number of likely N-dealkylation sites (tertiary alicyclic amines) is 1. The Kier molecular flexibility index (Phi) is 4.10. The SMILES string of the molecule is OC[C@@H]1CN(C2CCCC2)C[C@H]1c1nc(-c2cccnc2)no1. The van der Waals surface area contributed by atoms with E-state index < -0.39 is 0 Å². The summed E-state index contributed by atoms with van der Waals surface area (Å²) in [6.45, 7) is 2.00. The molecule has 3 heterocycles. The molecule has 1 aliphatic heterocycles. The summed E-state index contributed by atoms with van der Waals surface area (Å²) in [5, 5.41) is 13.9. The van der Waals surface area contributed by atoms with Gasteiger partial charge in [0.1, 0.15) is 0 Å². The molecule has 1 saturated carbocycles. The maximum atomic E-state index is 9.76. The van der Waals surface area contributed by atoms with Gasteiger partial charge in [0.2, 0.25) is 11.7 Å². The number of aromatic nitrogens is 3. The second kappa shape index (κ2) is 6.37. The fraction of sp³-hybridized carbons (Fsp3) is 0.588. The van der Waals surface area contributed by atoms with Crippen molar-refractivity contribution in [2.45, 2.75) is 37.6 Å². The molecule has 6 heteroatoms. The Balaban J connectivity index is 1.53. The fourth-order valence-corrected chi connectivity index (χ4v) is 3.94. The van der Waals surface area contributed by atoms with Crippen LogP contribution in [0.2, 0.25) is 0 Å². The van der Waals surface area contributed by atoms with Gasteiger partial charge in [0.15, 0.2) is 0 Å². The molecule has 0 aromatic carbocycles. The molecular weight excluding hydrogens is 292 g/mol. The van der Waals surface area contributed by atoms with Crippen molar-refractivity contribution < 1.29 is 9.63 Å². The minimum Gasteiger partial charge on any atom is -0.396 e. The van der Waals surface area contributed by atoms with Crippen molar-refractivity contribution in [2.24, 2.45) is 5.92 Å². The number of nitrogens with zero attached hydrogens (tertiary/aromatic N) is 4. The number of rotatable bonds is 4. The van der Waals surface area contributed by atoms with Gasteiger partial charge in [0.25, 0.3) is 0 Å². The van der Waals surface area contributed by atoms with E-state index in [0.717, 1.165) is 18.7 Å². The highest BCUT2D eigenvalue weighted by molar-refractivity contribution is 5.51. The molecule has 2 atom stereocenters. The fourth-order valence-electron chi connectivity index (χ4n) is 3.94. The number of hydrogen-bond acceptors (Lipinski definition) is 6. The number of aliphatic hydroxyl groups excluding tert-OH is 1. The van der Waals surface area contributed by atoms with Gasteiger partial charge < -0.3 is 9.63 Å².